The summed E-state index contributed by atoms with van der Waals surface area (Å²) in [6, 6.07) is 3.84. The highest BCUT2D eigenvalue weighted by molar-refractivity contribution is 5.17. The van der Waals surface area contributed by atoms with Crippen LogP contribution >= 0.6 is 0 Å². The topological polar surface area (TPSA) is 34.1 Å². The molecule has 0 amide bonds. The van der Waals surface area contributed by atoms with Gasteiger partial charge in [0.2, 0.25) is 5.88 Å². The zero-order valence-corrected chi connectivity index (χ0v) is 8.79. The molecule has 74 valence electrons. The summed E-state index contributed by atoms with van der Waals surface area (Å²) < 4.78 is 4.92. The Labute approximate surface area is 80.1 Å². The van der Waals surface area contributed by atoms with Crippen molar-refractivity contribution in [3.05, 3.63) is 23.9 Å². The van der Waals surface area contributed by atoms with Crippen molar-refractivity contribution >= 4 is 0 Å². The number of hydrogen-bond donors (Lipinski definition) is 1. The summed E-state index contributed by atoms with van der Waals surface area (Å²) in [6.45, 7) is 4.84. The van der Waals surface area contributed by atoms with E-state index >= 15 is 0 Å². The van der Waals surface area contributed by atoms with Crippen LogP contribution in [0, 0.1) is 0 Å². The lowest BCUT2D eigenvalue weighted by Crippen LogP contribution is -2.05. The number of aromatic nitrogens is 1. The molecule has 13 heavy (non-hydrogen) atoms. The summed E-state index contributed by atoms with van der Waals surface area (Å²) >= 11 is 0. The number of nitrogens with zero attached hydrogens (tertiary/aromatic N) is 1. The maximum Gasteiger partial charge on any atom is 0.212 e. The molecule has 3 heteroatoms. The maximum absolute atomic E-state index is 4.92. The first-order chi connectivity index (χ1) is 6.36. The Hall–Kier alpha value is -1.09. The predicted molar refractivity (Wildman–Crippen MR) is 54.9 cm³/mol. The van der Waals surface area contributed by atoms with Crippen molar-refractivity contribution in [2.45, 2.75) is 20.4 Å². The van der Waals surface area contributed by atoms with Crippen LogP contribution in [-0.2, 0) is 6.54 Å². The van der Waals surface area contributed by atoms with E-state index in [0.717, 1.165) is 12.1 Å². The van der Waals surface area contributed by atoms with Crippen LogP contribution in [0.1, 0.15) is 19.4 Å². The third-order valence-corrected chi connectivity index (χ3v) is 1.39. The van der Waals surface area contributed by atoms with E-state index in [2.05, 4.69) is 10.3 Å². The van der Waals surface area contributed by atoms with Gasteiger partial charge in [-0.05, 0) is 12.6 Å². The van der Waals surface area contributed by atoms with Gasteiger partial charge >= 0.3 is 0 Å². The van der Waals surface area contributed by atoms with E-state index in [1.165, 1.54) is 0 Å². The minimum atomic E-state index is 0.657. The molecule has 0 bridgehead atoms. The van der Waals surface area contributed by atoms with E-state index in [0.29, 0.717) is 5.88 Å². The van der Waals surface area contributed by atoms with E-state index in [9.17, 15) is 0 Å². The normalized spacial score (nSPS) is 8.62. The summed E-state index contributed by atoms with van der Waals surface area (Å²) in [5.74, 6) is 0.657. The fraction of sp³-hybridized carbons (Fsp3) is 0.500. The lowest BCUT2D eigenvalue weighted by Gasteiger charge is -2.00. The minimum absolute atomic E-state index is 0.657. The average Bonchev–Trinajstić information content (AvgIpc) is 2.23. The van der Waals surface area contributed by atoms with Crippen molar-refractivity contribution in [2.75, 3.05) is 14.2 Å². The first-order valence-electron chi connectivity index (χ1n) is 4.50. The lowest BCUT2D eigenvalue weighted by molar-refractivity contribution is 0.397. The van der Waals surface area contributed by atoms with Crippen LogP contribution in [0.2, 0.25) is 0 Å². The van der Waals surface area contributed by atoms with Gasteiger partial charge in [-0.15, -0.1) is 0 Å². The summed E-state index contributed by atoms with van der Waals surface area (Å²) in [4.78, 5) is 4.05. The zero-order valence-electron chi connectivity index (χ0n) is 8.79. The molecular formula is C10H18N2O. The molecule has 3 nitrogen and oxygen atoms in total. The summed E-state index contributed by atoms with van der Waals surface area (Å²) in [5, 5.41) is 3.04. The van der Waals surface area contributed by atoms with Crippen molar-refractivity contribution in [2.24, 2.45) is 0 Å². The highest BCUT2D eigenvalue weighted by Crippen LogP contribution is 2.05. The van der Waals surface area contributed by atoms with E-state index < -0.39 is 0 Å². The average molecular weight is 182 g/mol. The number of ether oxygens (including phenoxy) is 1. The zero-order chi connectivity index (χ0) is 10.1. The molecule has 0 unspecified atom stereocenters. The Bertz CT molecular complexity index is 209. The van der Waals surface area contributed by atoms with Gasteiger partial charge in [-0.1, -0.05) is 19.9 Å². The molecule has 0 saturated heterocycles. The largest absolute Gasteiger partial charge is 0.481 e. The van der Waals surface area contributed by atoms with Crippen LogP contribution in [-0.4, -0.2) is 19.1 Å². The van der Waals surface area contributed by atoms with E-state index in [-0.39, 0.29) is 0 Å². The first-order valence-corrected chi connectivity index (χ1v) is 4.50. The van der Waals surface area contributed by atoms with Crippen LogP contribution in [0.5, 0.6) is 5.88 Å². The van der Waals surface area contributed by atoms with Gasteiger partial charge < -0.3 is 10.1 Å². The van der Waals surface area contributed by atoms with Crippen LogP contribution in [0.25, 0.3) is 0 Å². The van der Waals surface area contributed by atoms with Gasteiger partial charge in [0.25, 0.3) is 0 Å². The molecule has 1 heterocycles. The lowest BCUT2D eigenvalue weighted by atomic mass is 10.3. The second-order valence-electron chi connectivity index (χ2n) is 2.24. The van der Waals surface area contributed by atoms with Crippen molar-refractivity contribution < 1.29 is 4.74 Å². The summed E-state index contributed by atoms with van der Waals surface area (Å²) in [5.41, 5.74) is 1.16. The van der Waals surface area contributed by atoms with E-state index in [1.54, 1.807) is 13.3 Å². The van der Waals surface area contributed by atoms with E-state index in [4.69, 9.17) is 4.74 Å². The highest BCUT2D eigenvalue weighted by atomic mass is 16.5. The van der Waals surface area contributed by atoms with Crippen LogP contribution in [0.3, 0.4) is 0 Å². The molecule has 1 N–H and O–H groups in total. The van der Waals surface area contributed by atoms with E-state index in [1.807, 2.05) is 33.0 Å². The predicted octanol–water partition coefficient (Wildman–Crippen LogP) is 1.84. The minimum Gasteiger partial charge on any atom is -0.481 e. The number of pyridine rings is 1. The number of hydrogen-bond acceptors (Lipinski definition) is 3. The molecule has 0 radical (unpaired) electrons. The van der Waals surface area contributed by atoms with Gasteiger partial charge in [-0.25, -0.2) is 4.98 Å². The Morgan fingerprint density at radius 2 is 2.08 bits per heavy atom. The summed E-state index contributed by atoms with van der Waals surface area (Å²) in [7, 11) is 3.52. The van der Waals surface area contributed by atoms with Crippen molar-refractivity contribution in [3.8, 4) is 5.88 Å². The molecule has 0 aliphatic heterocycles. The molecule has 0 atom stereocenters. The fourth-order valence-corrected chi connectivity index (χ4v) is 0.840. The molecule has 1 aromatic rings. The van der Waals surface area contributed by atoms with Gasteiger partial charge in [-0.3, -0.25) is 0 Å². The Balaban J connectivity index is 0.000000671. The number of nitrogens with one attached hydrogen (secondary N) is 1. The third-order valence-electron chi connectivity index (χ3n) is 1.39. The van der Waals surface area contributed by atoms with Gasteiger partial charge in [0, 0.05) is 18.8 Å². The smallest absolute Gasteiger partial charge is 0.212 e. The second-order valence-corrected chi connectivity index (χ2v) is 2.24. The van der Waals surface area contributed by atoms with Crippen LogP contribution < -0.4 is 10.1 Å². The quantitative estimate of drug-likeness (QED) is 0.774. The van der Waals surface area contributed by atoms with Gasteiger partial charge in [0.05, 0.1) is 7.11 Å². The summed E-state index contributed by atoms with van der Waals surface area (Å²) in [6.07, 6.45) is 1.80. The monoisotopic (exact) mass is 182 g/mol. The third kappa shape index (κ3) is 4.48. The highest BCUT2D eigenvalue weighted by Gasteiger charge is 1.92. The molecule has 0 fully saturated rings. The first kappa shape index (κ1) is 11.9. The SMILES string of the molecule is CC.CNCc1ccc(OC)nc1. The van der Waals surface area contributed by atoms with Crippen molar-refractivity contribution in [1.82, 2.24) is 10.3 Å². The Kier molecular flexibility index (Phi) is 6.92. The molecule has 1 aromatic heterocycles. The molecule has 0 spiro atoms. The molecule has 1 rings (SSSR count). The molecule has 0 saturated carbocycles. The molecule has 0 aromatic carbocycles. The van der Waals surface area contributed by atoms with Crippen LogP contribution in [0.15, 0.2) is 18.3 Å². The molecular weight excluding hydrogens is 164 g/mol. The van der Waals surface area contributed by atoms with Crippen molar-refractivity contribution in [3.63, 3.8) is 0 Å². The van der Waals surface area contributed by atoms with Crippen molar-refractivity contribution in [1.29, 1.82) is 0 Å². The van der Waals surface area contributed by atoms with Gasteiger partial charge in [-0.2, -0.15) is 0 Å². The fourth-order valence-electron chi connectivity index (χ4n) is 0.840. The Morgan fingerprint density at radius 3 is 2.46 bits per heavy atom. The van der Waals surface area contributed by atoms with Gasteiger partial charge in [0.1, 0.15) is 0 Å². The van der Waals surface area contributed by atoms with Crippen LogP contribution in [0.4, 0.5) is 0 Å². The number of rotatable bonds is 3. The maximum atomic E-state index is 4.92. The van der Waals surface area contributed by atoms with Gasteiger partial charge in [0.15, 0.2) is 0 Å². The molecule has 0 aliphatic carbocycles. The number of methoxy groups -OCH3 is 1. The Morgan fingerprint density at radius 1 is 1.38 bits per heavy atom. The molecule has 0 aliphatic rings. The standard InChI is InChI=1S/C8H12N2O.C2H6/c1-9-5-7-3-4-8(11-2)10-6-7;1-2/h3-4,6,9H,5H2,1-2H3;1-2H3. The second kappa shape index (κ2) is 7.55.